The lowest BCUT2D eigenvalue weighted by Crippen LogP contribution is -2.24. The van der Waals surface area contributed by atoms with Gasteiger partial charge in [0.05, 0.1) is 0 Å². The third-order valence-electron chi connectivity index (χ3n) is 1.17. The van der Waals surface area contributed by atoms with Gasteiger partial charge in [0, 0.05) is 0 Å². The molecule has 2 aliphatic heterocycles. The second-order valence-corrected chi connectivity index (χ2v) is 3.61. The van der Waals surface area contributed by atoms with Crippen molar-refractivity contribution in [3.8, 4) is 0 Å². The Hall–Kier alpha value is 0.460. The summed E-state index contributed by atoms with van der Waals surface area (Å²) in [6.07, 6.45) is 0. The van der Waals surface area contributed by atoms with Crippen molar-refractivity contribution >= 4 is 46.4 Å². The fourth-order valence-electron chi connectivity index (χ4n) is 0.618. The number of halogens is 4. The second kappa shape index (κ2) is 2.03. The van der Waals surface area contributed by atoms with Crippen molar-refractivity contribution in [2.45, 2.75) is 10.5 Å². The highest BCUT2D eigenvalue weighted by Crippen LogP contribution is 2.61. The molecule has 11 heavy (non-hydrogen) atoms. The SMILES string of the molecule is ClC1=C(Cl)O[C@@]2(Cl)O[C@]2(Cl)O1. The number of hydrogen-bond acceptors (Lipinski definition) is 3. The van der Waals surface area contributed by atoms with Gasteiger partial charge < -0.3 is 9.47 Å². The van der Waals surface area contributed by atoms with Crippen molar-refractivity contribution in [3.05, 3.63) is 10.4 Å². The summed E-state index contributed by atoms with van der Waals surface area (Å²) >= 11 is 22.0. The summed E-state index contributed by atoms with van der Waals surface area (Å²) in [7, 11) is 0. The van der Waals surface area contributed by atoms with Gasteiger partial charge in [-0.3, -0.25) is 4.74 Å². The average molecular weight is 238 g/mol. The Labute approximate surface area is 81.7 Å². The largest absolute Gasteiger partial charge is 0.426 e. The third-order valence-corrected chi connectivity index (χ3v) is 2.67. The molecule has 0 aromatic carbocycles. The monoisotopic (exact) mass is 236 g/mol. The van der Waals surface area contributed by atoms with Gasteiger partial charge in [0.15, 0.2) is 0 Å². The molecule has 3 nitrogen and oxygen atoms in total. The highest BCUT2D eigenvalue weighted by atomic mass is 35.5. The summed E-state index contributed by atoms with van der Waals surface area (Å²) in [6, 6.07) is 0. The molecule has 0 radical (unpaired) electrons. The third kappa shape index (κ3) is 0.993. The van der Waals surface area contributed by atoms with Gasteiger partial charge in [-0.1, -0.05) is 0 Å². The van der Waals surface area contributed by atoms with Gasteiger partial charge in [-0.05, 0) is 46.4 Å². The molecule has 0 bridgehead atoms. The molecule has 0 aliphatic carbocycles. The van der Waals surface area contributed by atoms with Crippen LogP contribution in [0.2, 0.25) is 0 Å². The fourth-order valence-corrected chi connectivity index (χ4v) is 1.48. The van der Waals surface area contributed by atoms with Crippen LogP contribution in [0.1, 0.15) is 0 Å². The first-order valence-corrected chi connectivity index (χ1v) is 3.99. The minimum atomic E-state index is -1.52. The Balaban J connectivity index is 2.30. The molecule has 2 heterocycles. The van der Waals surface area contributed by atoms with Crippen LogP contribution in [0.15, 0.2) is 10.4 Å². The topological polar surface area (TPSA) is 31.0 Å². The van der Waals surface area contributed by atoms with E-state index >= 15 is 0 Å². The van der Waals surface area contributed by atoms with Gasteiger partial charge in [0.1, 0.15) is 0 Å². The first-order chi connectivity index (χ1) is 4.97. The highest BCUT2D eigenvalue weighted by molar-refractivity contribution is 6.40. The predicted molar refractivity (Wildman–Crippen MR) is 39.2 cm³/mol. The molecule has 2 atom stereocenters. The zero-order valence-corrected chi connectivity index (χ0v) is 7.76. The Bertz CT molecular complexity index is 230. The quantitative estimate of drug-likeness (QED) is 0.479. The van der Waals surface area contributed by atoms with Crippen LogP contribution in [0.25, 0.3) is 0 Å². The van der Waals surface area contributed by atoms with Crippen LogP contribution >= 0.6 is 46.4 Å². The van der Waals surface area contributed by atoms with E-state index in [-0.39, 0.29) is 10.4 Å². The molecule has 0 aromatic rings. The first kappa shape index (κ1) is 8.08. The molecular formula is C4Cl4O3. The molecule has 2 rings (SSSR count). The van der Waals surface area contributed by atoms with E-state index in [4.69, 9.17) is 55.9 Å². The van der Waals surface area contributed by atoms with E-state index in [9.17, 15) is 0 Å². The Morgan fingerprint density at radius 2 is 1.27 bits per heavy atom. The van der Waals surface area contributed by atoms with Crippen LogP contribution in [0, 0.1) is 0 Å². The lowest BCUT2D eigenvalue weighted by atomic mass is 10.7. The summed E-state index contributed by atoms with van der Waals surface area (Å²) in [5, 5.41) is -3.39. The number of fused-ring (bicyclic) bond motifs is 1. The molecule has 1 fully saturated rings. The van der Waals surface area contributed by atoms with E-state index in [1.807, 2.05) is 0 Å². The number of rotatable bonds is 0. The van der Waals surface area contributed by atoms with Crippen molar-refractivity contribution < 1.29 is 14.2 Å². The summed E-state index contributed by atoms with van der Waals surface area (Å²) in [6.45, 7) is 0. The molecule has 0 unspecified atom stereocenters. The molecule has 7 heteroatoms. The molecule has 0 aromatic heterocycles. The molecule has 0 N–H and O–H groups in total. The molecular weight excluding hydrogens is 238 g/mol. The number of alkyl halides is 2. The highest BCUT2D eigenvalue weighted by Gasteiger charge is 2.79. The van der Waals surface area contributed by atoms with E-state index < -0.39 is 10.5 Å². The minimum Gasteiger partial charge on any atom is -0.426 e. The van der Waals surface area contributed by atoms with Crippen LogP contribution < -0.4 is 0 Å². The minimum absolute atomic E-state index is 0.171. The van der Waals surface area contributed by atoms with Gasteiger partial charge in [0.2, 0.25) is 10.4 Å². The fraction of sp³-hybridized carbons (Fsp3) is 0.500. The Kier molecular flexibility index (Phi) is 1.49. The summed E-state index contributed by atoms with van der Waals surface area (Å²) in [5.74, 6) is 0. The molecule has 0 spiro atoms. The smallest absolute Gasteiger partial charge is 0.381 e. The summed E-state index contributed by atoms with van der Waals surface area (Å²) in [4.78, 5) is 0. The van der Waals surface area contributed by atoms with E-state index in [0.717, 1.165) is 0 Å². The maximum absolute atomic E-state index is 5.57. The molecule has 0 saturated carbocycles. The lowest BCUT2D eigenvalue weighted by molar-refractivity contribution is 0.0415. The maximum Gasteiger partial charge on any atom is 0.381 e. The lowest BCUT2D eigenvalue weighted by Gasteiger charge is -2.16. The van der Waals surface area contributed by atoms with E-state index in [1.165, 1.54) is 0 Å². The van der Waals surface area contributed by atoms with Crippen LogP contribution in [-0.4, -0.2) is 10.5 Å². The van der Waals surface area contributed by atoms with Gasteiger partial charge >= 0.3 is 10.5 Å². The van der Waals surface area contributed by atoms with Gasteiger partial charge in [-0.2, -0.15) is 0 Å². The van der Waals surface area contributed by atoms with Crippen LogP contribution in [-0.2, 0) is 14.2 Å². The molecule has 2 aliphatic rings. The molecule has 1 saturated heterocycles. The van der Waals surface area contributed by atoms with Crippen molar-refractivity contribution in [2.75, 3.05) is 0 Å². The maximum atomic E-state index is 5.57. The first-order valence-electron chi connectivity index (χ1n) is 2.48. The van der Waals surface area contributed by atoms with Gasteiger partial charge in [0.25, 0.3) is 0 Å². The van der Waals surface area contributed by atoms with Crippen LogP contribution in [0.5, 0.6) is 0 Å². The average Bonchev–Trinajstić information content (AvgIpc) is 2.33. The summed E-state index contributed by atoms with van der Waals surface area (Å²) < 4.78 is 14.2. The van der Waals surface area contributed by atoms with E-state index in [1.54, 1.807) is 0 Å². The van der Waals surface area contributed by atoms with E-state index in [2.05, 4.69) is 4.74 Å². The Morgan fingerprint density at radius 3 is 1.64 bits per heavy atom. The number of hydrogen-bond donors (Lipinski definition) is 0. The molecule has 0 amide bonds. The molecule has 62 valence electrons. The zero-order valence-electron chi connectivity index (χ0n) is 4.74. The second-order valence-electron chi connectivity index (χ2n) is 1.93. The Morgan fingerprint density at radius 1 is 0.909 bits per heavy atom. The van der Waals surface area contributed by atoms with Gasteiger partial charge in [-0.25, -0.2) is 0 Å². The van der Waals surface area contributed by atoms with Crippen LogP contribution in [0.4, 0.5) is 0 Å². The number of epoxide rings is 1. The van der Waals surface area contributed by atoms with Crippen molar-refractivity contribution in [1.29, 1.82) is 0 Å². The van der Waals surface area contributed by atoms with Gasteiger partial charge in [-0.15, -0.1) is 0 Å². The normalized spacial score (nSPS) is 47.6. The number of ether oxygens (including phenoxy) is 3. The standard InChI is InChI=1S/C4Cl4O3/c5-1-2(6)10-4(8)3(7,9-1)11-4/t3-,4-/m1/s1. The van der Waals surface area contributed by atoms with Crippen molar-refractivity contribution in [1.82, 2.24) is 0 Å². The van der Waals surface area contributed by atoms with Crippen molar-refractivity contribution in [3.63, 3.8) is 0 Å². The predicted octanol–water partition coefficient (Wildman–Crippen LogP) is 2.45. The van der Waals surface area contributed by atoms with E-state index in [0.29, 0.717) is 0 Å². The van der Waals surface area contributed by atoms with Crippen LogP contribution in [0.3, 0.4) is 0 Å². The summed E-state index contributed by atoms with van der Waals surface area (Å²) in [5.41, 5.74) is 0. The zero-order chi connectivity index (χ0) is 8.28. The van der Waals surface area contributed by atoms with Crippen molar-refractivity contribution in [2.24, 2.45) is 0 Å².